The van der Waals surface area contributed by atoms with Gasteiger partial charge in [-0.2, -0.15) is 0 Å². The molecule has 0 N–H and O–H groups in total. The SMILES string of the molecule is c1ccc(-c2nnc(-c3nc4cc5cc6oc(-c7nnc(-c8ccccc8)nn7)nc6cc5cc4o3)nn2)cc1. The molecule has 40 heavy (non-hydrogen) atoms. The summed E-state index contributed by atoms with van der Waals surface area (Å²) in [5.41, 5.74) is 4.03. The Balaban J connectivity index is 1.12. The van der Waals surface area contributed by atoms with Crippen LogP contribution in [0, 0.1) is 0 Å². The lowest BCUT2D eigenvalue weighted by atomic mass is 10.1. The highest BCUT2D eigenvalue weighted by Gasteiger charge is 2.17. The van der Waals surface area contributed by atoms with Crippen LogP contribution in [0.2, 0.25) is 0 Å². The molecule has 0 saturated carbocycles. The third-order valence-electron chi connectivity index (χ3n) is 6.26. The molecule has 4 aromatic carbocycles. The van der Waals surface area contributed by atoms with Gasteiger partial charge in [0.15, 0.2) is 11.2 Å². The van der Waals surface area contributed by atoms with Crippen molar-refractivity contribution in [1.82, 2.24) is 50.8 Å². The highest BCUT2D eigenvalue weighted by atomic mass is 16.4. The molecule has 0 unspecified atom stereocenters. The molecular weight excluding hydrogens is 508 g/mol. The molecule has 12 nitrogen and oxygen atoms in total. The molecule has 0 amide bonds. The first-order chi connectivity index (χ1) is 19.8. The van der Waals surface area contributed by atoms with E-state index < -0.39 is 0 Å². The minimum absolute atomic E-state index is 0.195. The van der Waals surface area contributed by atoms with Crippen LogP contribution in [0.3, 0.4) is 0 Å². The number of aromatic nitrogens is 10. The fourth-order valence-corrected chi connectivity index (χ4v) is 4.32. The number of rotatable bonds is 4. The van der Waals surface area contributed by atoms with E-state index in [1.807, 2.05) is 84.9 Å². The number of hydrogen-bond donors (Lipinski definition) is 0. The van der Waals surface area contributed by atoms with Gasteiger partial charge >= 0.3 is 0 Å². The van der Waals surface area contributed by atoms with E-state index in [0.29, 0.717) is 33.8 Å². The molecule has 8 aromatic rings. The van der Waals surface area contributed by atoms with Crippen LogP contribution >= 0.6 is 0 Å². The second kappa shape index (κ2) is 8.77. The standard InChI is InChI=1S/C28H14N10O2/c1-3-7-15(8-4-1)23-31-35-25(36-32-23)27-29-19-11-17-14-22-20(12-18(17)13-21(19)39-27)30-28(40-22)26-37-33-24(34-38-26)16-9-5-2-6-10-16/h1-14H. The predicted octanol–water partition coefficient (Wildman–Crippen LogP) is 4.95. The molecule has 0 aliphatic heterocycles. The summed E-state index contributed by atoms with van der Waals surface area (Å²) < 4.78 is 11.9. The maximum Gasteiger partial charge on any atom is 0.269 e. The van der Waals surface area contributed by atoms with E-state index in [1.54, 1.807) is 0 Å². The van der Waals surface area contributed by atoms with Gasteiger partial charge in [0.2, 0.25) is 11.6 Å². The summed E-state index contributed by atoms with van der Waals surface area (Å²) in [6.45, 7) is 0. The van der Waals surface area contributed by atoms with E-state index in [-0.39, 0.29) is 23.4 Å². The average molecular weight is 522 g/mol. The van der Waals surface area contributed by atoms with Gasteiger partial charge in [-0.15, -0.1) is 40.8 Å². The number of hydrogen-bond acceptors (Lipinski definition) is 12. The number of benzene rings is 4. The Hall–Kier alpha value is -6.04. The van der Waals surface area contributed by atoms with Crippen LogP contribution in [0.4, 0.5) is 0 Å². The van der Waals surface area contributed by atoms with Gasteiger partial charge in [0.25, 0.3) is 23.4 Å². The van der Waals surface area contributed by atoms with Gasteiger partial charge in [0.1, 0.15) is 11.0 Å². The lowest BCUT2D eigenvalue weighted by Crippen LogP contribution is -1.99. The molecule has 4 heterocycles. The van der Waals surface area contributed by atoms with Gasteiger partial charge in [-0.25, -0.2) is 9.97 Å². The Bertz CT molecular complexity index is 1920. The van der Waals surface area contributed by atoms with Gasteiger partial charge < -0.3 is 8.83 Å². The summed E-state index contributed by atoms with van der Waals surface area (Å²) in [7, 11) is 0. The zero-order valence-corrected chi connectivity index (χ0v) is 20.4. The van der Waals surface area contributed by atoms with Crippen LogP contribution in [-0.2, 0) is 0 Å². The van der Waals surface area contributed by atoms with Gasteiger partial charge in [0.05, 0.1) is 0 Å². The third-order valence-corrected chi connectivity index (χ3v) is 6.26. The molecule has 0 bridgehead atoms. The third kappa shape index (κ3) is 3.79. The first kappa shape index (κ1) is 22.0. The van der Waals surface area contributed by atoms with E-state index in [2.05, 4.69) is 50.8 Å². The molecule has 0 radical (unpaired) electrons. The van der Waals surface area contributed by atoms with Gasteiger partial charge in [0, 0.05) is 11.1 Å². The quantitative estimate of drug-likeness (QED) is 0.307. The topological polar surface area (TPSA) is 155 Å². The summed E-state index contributed by atoms with van der Waals surface area (Å²) in [4.78, 5) is 9.09. The maximum atomic E-state index is 5.95. The average Bonchev–Trinajstić information content (AvgIpc) is 3.63. The molecule has 0 saturated heterocycles. The number of oxazole rings is 2. The highest BCUT2D eigenvalue weighted by Crippen LogP contribution is 2.31. The van der Waals surface area contributed by atoms with E-state index in [1.165, 1.54) is 0 Å². The Morgan fingerprint density at radius 3 is 1.18 bits per heavy atom. The van der Waals surface area contributed by atoms with E-state index in [0.717, 1.165) is 21.9 Å². The second-order valence-corrected chi connectivity index (χ2v) is 8.85. The first-order valence-corrected chi connectivity index (χ1v) is 12.2. The first-order valence-electron chi connectivity index (χ1n) is 12.2. The molecular formula is C28H14N10O2. The van der Waals surface area contributed by atoms with Gasteiger partial charge in [-0.1, -0.05) is 60.7 Å². The van der Waals surface area contributed by atoms with Crippen LogP contribution < -0.4 is 0 Å². The molecule has 0 aliphatic rings. The van der Waals surface area contributed by atoms with Gasteiger partial charge in [-0.05, 0) is 35.0 Å². The van der Waals surface area contributed by atoms with Crippen molar-refractivity contribution in [2.75, 3.05) is 0 Å². The Kier molecular flexibility index (Phi) is 4.82. The molecule has 188 valence electrons. The molecule has 12 heteroatoms. The fraction of sp³-hybridized carbons (Fsp3) is 0. The Morgan fingerprint density at radius 1 is 0.400 bits per heavy atom. The van der Waals surface area contributed by atoms with Crippen molar-refractivity contribution in [3.05, 3.63) is 84.9 Å². The summed E-state index contributed by atoms with van der Waals surface area (Å²) in [6, 6.07) is 26.5. The second-order valence-electron chi connectivity index (χ2n) is 8.85. The van der Waals surface area contributed by atoms with E-state index in [9.17, 15) is 0 Å². The van der Waals surface area contributed by atoms with Crippen LogP contribution in [-0.4, -0.2) is 50.8 Å². The largest absolute Gasteiger partial charge is 0.433 e. The number of nitrogens with zero attached hydrogens (tertiary/aromatic N) is 10. The summed E-state index contributed by atoms with van der Waals surface area (Å²) in [5.74, 6) is 1.69. The summed E-state index contributed by atoms with van der Waals surface area (Å²) >= 11 is 0. The molecule has 0 atom stereocenters. The summed E-state index contributed by atoms with van der Waals surface area (Å²) in [6.07, 6.45) is 0. The Labute approximate surface area is 223 Å². The van der Waals surface area contributed by atoms with Crippen molar-refractivity contribution in [3.63, 3.8) is 0 Å². The van der Waals surface area contributed by atoms with Crippen molar-refractivity contribution in [3.8, 4) is 46.2 Å². The monoisotopic (exact) mass is 522 g/mol. The van der Waals surface area contributed by atoms with Crippen molar-refractivity contribution >= 4 is 33.0 Å². The van der Waals surface area contributed by atoms with E-state index >= 15 is 0 Å². The molecule has 4 aromatic heterocycles. The van der Waals surface area contributed by atoms with Crippen LogP contribution in [0.5, 0.6) is 0 Å². The minimum atomic E-state index is 0.195. The number of fused-ring (bicyclic) bond motifs is 3. The minimum Gasteiger partial charge on any atom is -0.433 e. The zero-order chi connectivity index (χ0) is 26.5. The summed E-state index contributed by atoms with van der Waals surface area (Å²) in [5, 5.41) is 35.1. The molecule has 0 aliphatic carbocycles. The maximum absolute atomic E-state index is 5.95. The molecule has 0 fully saturated rings. The van der Waals surface area contributed by atoms with Crippen molar-refractivity contribution < 1.29 is 8.83 Å². The lowest BCUT2D eigenvalue weighted by molar-refractivity contribution is 0.606. The van der Waals surface area contributed by atoms with Crippen molar-refractivity contribution in [2.45, 2.75) is 0 Å². The van der Waals surface area contributed by atoms with Crippen LogP contribution in [0.15, 0.2) is 93.8 Å². The predicted molar refractivity (Wildman–Crippen MR) is 143 cm³/mol. The molecule has 8 rings (SSSR count). The van der Waals surface area contributed by atoms with Gasteiger partial charge in [-0.3, -0.25) is 0 Å². The van der Waals surface area contributed by atoms with Crippen LogP contribution in [0.1, 0.15) is 0 Å². The van der Waals surface area contributed by atoms with Crippen LogP contribution in [0.25, 0.3) is 79.2 Å². The smallest absolute Gasteiger partial charge is 0.269 e. The lowest BCUT2D eigenvalue weighted by Gasteiger charge is -1.97. The normalized spacial score (nSPS) is 11.5. The van der Waals surface area contributed by atoms with Crippen molar-refractivity contribution in [2.24, 2.45) is 0 Å². The molecule has 0 spiro atoms. The Morgan fingerprint density at radius 2 is 0.775 bits per heavy atom. The zero-order valence-electron chi connectivity index (χ0n) is 20.4. The fourth-order valence-electron chi connectivity index (χ4n) is 4.32. The highest BCUT2D eigenvalue weighted by molar-refractivity contribution is 6.01. The van der Waals surface area contributed by atoms with Crippen molar-refractivity contribution in [1.29, 1.82) is 0 Å². The van der Waals surface area contributed by atoms with E-state index in [4.69, 9.17) is 8.83 Å².